The van der Waals surface area contributed by atoms with Crippen molar-refractivity contribution in [3.8, 4) is 39.3 Å². The summed E-state index contributed by atoms with van der Waals surface area (Å²) in [5.74, 6) is 0. The van der Waals surface area contributed by atoms with Crippen LogP contribution in [0.3, 0.4) is 0 Å². The molecule has 0 radical (unpaired) electrons. The van der Waals surface area contributed by atoms with Gasteiger partial charge in [-0.3, -0.25) is 0 Å². The van der Waals surface area contributed by atoms with E-state index < -0.39 is 0 Å². The van der Waals surface area contributed by atoms with Gasteiger partial charge in [-0.2, -0.15) is 0 Å². The first-order chi connectivity index (χ1) is 31.7. The first kappa shape index (κ1) is 35.7. The number of para-hydroxylation sites is 4. The summed E-state index contributed by atoms with van der Waals surface area (Å²) in [5.41, 5.74) is 15.8. The summed E-state index contributed by atoms with van der Waals surface area (Å²) >= 11 is 0.202. The molecule has 0 aliphatic rings. The predicted octanol–water partition coefficient (Wildman–Crippen LogP) is 15.7. The van der Waals surface area contributed by atoms with Crippen LogP contribution in [0.15, 0.2) is 224 Å². The molecule has 0 aliphatic carbocycles. The van der Waals surface area contributed by atoms with Gasteiger partial charge >= 0.3 is 268 Å². The van der Waals surface area contributed by atoms with Crippen LogP contribution in [-0.4, -0.2) is 28.2 Å². The molecule has 0 aliphatic heterocycles. The normalized spacial score (nSPS) is 12.1. The largest absolute Gasteiger partial charge is 0.0602 e. The number of nitrogens with zero attached hydrogens (tertiary/aromatic N) is 3. The molecular formula is C60H37N3Se. The summed E-state index contributed by atoms with van der Waals surface area (Å²) in [7, 11) is 0. The summed E-state index contributed by atoms with van der Waals surface area (Å²) < 4.78 is 10.2. The van der Waals surface area contributed by atoms with Gasteiger partial charge in [-0.1, -0.05) is 60.7 Å². The molecule has 14 rings (SSSR count). The van der Waals surface area contributed by atoms with E-state index in [-0.39, 0.29) is 14.5 Å². The molecule has 4 heteroatoms. The number of aromatic nitrogens is 3. The monoisotopic (exact) mass is 879 g/mol. The summed E-state index contributed by atoms with van der Waals surface area (Å²) in [6.07, 6.45) is 0. The minimum atomic E-state index is 0.202. The molecule has 64 heavy (non-hydrogen) atoms. The SMILES string of the molecule is c1ccc(-n2c3ccccc3c3cc(-c4ccc5c(c4)c4cc(-c6ccc7c(c6)c6ccccc6n7-c6ccccc6)ccc4n5-c4cccc5c4[se]c4ccccc45)ccc32)cc1. The van der Waals surface area contributed by atoms with E-state index in [1.807, 2.05) is 0 Å². The van der Waals surface area contributed by atoms with Crippen LogP contribution in [0.4, 0.5) is 0 Å². The molecule has 0 unspecified atom stereocenters. The Morgan fingerprint density at radius 3 is 1.12 bits per heavy atom. The molecule has 10 aromatic carbocycles. The molecule has 0 bridgehead atoms. The van der Waals surface area contributed by atoms with E-state index in [2.05, 4.69) is 238 Å². The first-order valence-electron chi connectivity index (χ1n) is 21.9. The van der Waals surface area contributed by atoms with Crippen molar-refractivity contribution in [1.29, 1.82) is 0 Å². The fourth-order valence-corrected chi connectivity index (χ4v) is 13.1. The molecule has 0 saturated carbocycles. The van der Waals surface area contributed by atoms with Crippen molar-refractivity contribution in [3.05, 3.63) is 224 Å². The number of fused-ring (bicyclic) bond motifs is 12. The van der Waals surface area contributed by atoms with Crippen molar-refractivity contribution in [2.45, 2.75) is 0 Å². The maximum absolute atomic E-state index is 2.54. The zero-order chi connectivity index (χ0) is 41.9. The van der Waals surface area contributed by atoms with Crippen LogP contribution >= 0.6 is 0 Å². The van der Waals surface area contributed by atoms with Gasteiger partial charge in [0.15, 0.2) is 0 Å². The molecule has 0 fully saturated rings. The average molecular weight is 879 g/mol. The molecule has 3 nitrogen and oxygen atoms in total. The van der Waals surface area contributed by atoms with Gasteiger partial charge in [0, 0.05) is 11.4 Å². The Labute approximate surface area is 374 Å². The van der Waals surface area contributed by atoms with Crippen LogP contribution in [-0.2, 0) is 0 Å². The predicted molar refractivity (Wildman–Crippen MR) is 272 cm³/mol. The van der Waals surface area contributed by atoms with E-state index in [0.29, 0.717) is 0 Å². The van der Waals surface area contributed by atoms with Gasteiger partial charge < -0.3 is 0 Å². The Kier molecular flexibility index (Phi) is 7.70. The van der Waals surface area contributed by atoms with Crippen molar-refractivity contribution in [3.63, 3.8) is 0 Å². The van der Waals surface area contributed by atoms with Gasteiger partial charge in [-0.05, 0) is 36.4 Å². The molecule has 0 atom stereocenters. The number of hydrogen-bond donors (Lipinski definition) is 0. The quantitative estimate of drug-likeness (QED) is 0.153. The zero-order valence-corrected chi connectivity index (χ0v) is 36.3. The van der Waals surface area contributed by atoms with Crippen molar-refractivity contribution >= 4 is 99.2 Å². The minimum Gasteiger partial charge on any atom is -0.0602 e. The van der Waals surface area contributed by atoms with E-state index in [0.717, 1.165) is 0 Å². The third kappa shape index (κ3) is 5.22. The molecular weight excluding hydrogens is 842 g/mol. The standard InChI is InChI=1S/C60H37N3Se/c1-3-14-42(15-4-1)61-52-22-10-7-18-44(52)48-34-38(26-30-54(48)61)40-28-32-56-50(36-40)51-37-41(29-33-57(51)63(56)58-24-13-21-47-46-20-9-12-25-59(46)64-60(47)58)39-27-31-55-49(35-39)45-19-8-11-23-53(45)62(55)43-16-5-2-6-17-43/h1-37H. The van der Waals surface area contributed by atoms with Crippen LogP contribution in [0.1, 0.15) is 0 Å². The second-order valence-electron chi connectivity index (χ2n) is 16.9. The van der Waals surface area contributed by atoms with E-state index in [4.69, 9.17) is 0 Å². The van der Waals surface area contributed by atoms with E-state index in [1.54, 1.807) is 0 Å². The van der Waals surface area contributed by atoms with Gasteiger partial charge in [-0.25, -0.2) is 0 Å². The second kappa shape index (κ2) is 13.8. The van der Waals surface area contributed by atoms with Gasteiger partial charge in [0.25, 0.3) is 0 Å². The molecule has 298 valence electrons. The first-order valence-corrected chi connectivity index (χ1v) is 23.6. The minimum absolute atomic E-state index is 0.202. The Morgan fingerprint density at radius 1 is 0.250 bits per heavy atom. The summed E-state index contributed by atoms with van der Waals surface area (Å²) in [5, 5.41) is 10.3. The van der Waals surface area contributed by atoms with Crippen molar-refractivity contribution in [2.24, 2.45) is 0 Å². The van der Waals surface area contributed by atoms with Gasteiger partial charge in [0.05, 0.1) is 0 Å². The van der Waals surface area contributed by atoms with E-state index in [9.17, 15) is 0 Å². The van der Waals surface area contributed by atoms with Crippen LogP contribution in [0, 0.1) is 0 Å². The van der Waals surface area contributed by atoms with Crippen molar-refractivity contribution in [1.82, 2.24) is 13.7 Å². The second-order valence-corrected chi connectivity index (χ2v) is 19.1. The molecule has 0 saturated heterocycles. The molecule has 4 heterocycles. The topological polar surface area (TPSA) is 14.8 Å². The fourth-order valence-electron chi connectivity index (χ4n) is 10.6. The number of rotatable bonds is 5. The van der Waals surface area contributed by atoms with E-state index in [1.165, 1.54) is 124 Å². The van der Waals surface area contributed by atoms with Crippen molar-refractivity contribution in [2.75, 3.05) is 0 Å². The molecule has 14 aromatic rings. The Morgan fingerprint density at radius 2 is 0.625 bits per heavy atom. The maximum Gasteiger partial charge on any atom is -0.0380 e. The molecule has 0 N–H and O–H groups in total. The maximum atomic E-state index is 2.54. The Hall–Kier alpha value is -7.88. The zero-order valence-electron chi connectivity index (χ0n) is 34.6. The van der Waals surface area contributed by atoms with Crippen LogP contribution in [0.5, 0.6) is 0 Å². The van der Waals surface area contributed by atoms with Crippen LogP contribution in [0.25, 0.3) is 124 Å². The summed E-state index contributed by atoms with van der Waals surface area (Å²) in [6, 6.07) is 83.1. The molecule has 0 amide bonds. The van der Waals surface area contributed by atoms with Gasteiger partial charge in [-0.15, -0.1) is 0 Å². The van der Waals surface area contributed by atoms with Crippen molar-refractivity contribution < 1.29 is 0 Å². The molecule has 4 aromatic heterocycles. The van der Waals surface area contributed by atoms with Gasteiger partial charge in [0.1, 0.15) is 0 Å². The number of hydrogen-bond acceptors (Lipinski definition) is 0. The fraction of sp³-hybridized carbons (Fsp3) is 0. The third-order valence-electron chi connectivity index (χ3n) is 13.4. The average Bonchev–Trinajstić information content (AvgIpc) is 4.10. The van der Waals surface area contributed by atoms with Crippen LogP contribution in [0.2, 0.25) is 0 Å². The van der Waals surface area contributed by atoms with Crippen LogP contribution < -0.4 is 0 Å². The van der Waals surface area contributed by atoms with E-state index >= 15 is 0 Å². The third-order valence-corrected chi connectivity index (χ3v) is 16.0. The Bertz CT molecular complexity index is 3970. The summed E-state index contributed by atoms with van der Waals surface area (Å²) in [4.78, 5) is 0. The number of benzene rings is 10. The van der Waals surface area contributed by atoms with Gasteiger partial charge in [0.2, 0.25) is 0 Å². The Balaban J connectivity index is 0.997. The smallest absolute Gasteiger partial charge is 0.0380 e. The summed E-state index contributed by atoms with van der Waals surface area (Å²) in [6.45, 7) is 0. The molecule has 0 spiro atoms.